The maximum Gasteiger partial charge on any atom is 0.259 e. The molecule has 0 aliphatic carbocycles. The van der Waals surface area contributed by atoms with Crippen molar-refractivity contribution in [3.63, 3.8) is 0 Å². The lowest BCUT2D eigenvalue weighted by Gasteiger charge is -2.30. The van der Waals surface area contributed by atoms with E-state index >= 15 is 0 Å². The van der Waals surface area contributed by atoms with Crippen LogP contribution in [-0.4, -0.2) is 12.6 Å². The van der Waals surface area contributed by atoms with E-state index in [0.717, 1.165) is 9.80 Å². The topological polar surface area (TPSA) is 44.7 Å². The van der Waals surface area contributed by atoms with Crippen molar-refractivity contribution in [3.05, 3.63) is 68.8 Å². The number of anilines is 1. The van der Waals surface area contributed by atoms with Crippen LogP contribution in [0.4, 0.5) is 5.69 Å². The summed E-state index contributed by atoms with van der Waals surface area (Å²) in [6.45, 7) is 14.0. The first kappa shape index (κ1) is 22.1. The van der Waals surface area contributed by atoms with Crippen molar-refractivity contribution in [2.45, 2.75) is 45.9 Å². The molecule has 0 unspecified atom stereocenters. The molecular weight excluding hydrogens is 390 g/mol. The van der Waals surface area contributed by atoms with E-state index in [9.17, 15) is 4.79 Å². The zero-order chi connectivity index (χ0) is 20.8. The molecule has 0 aromatic heterocycles. The summed E-state index contributed by atoms with van der Waals surface area (Å²) in [6.07, 6.45) is 1.25. The van der Waals surface area contributed by atoms with E-state index < -0.39 is 0 Å². The van der Waals surface area contributed by atoms with Crippen molar-refractivity contribution in [3.8, 4) is 0 Å². The van der Waals surface area contributed by atoms with E-state index in [4.69, 9.17) is 11.6 Å². The number of rotatable bonds is 3. The molecule has 2 aromatic carbocycles. The van der Waals surface area contributed by atoms with E-state index in [-0.39, 0.29) is 5.91 Å². The van der Waals surface area contributed by atoms with Crippen molar-refractivity contribution >= 4 is 41.7 Å². The molecule has 1 aliphatic rings. The van der Waals surface area contributed by atoms with Crippen LogP contribution in [0.5, 0.6) is 0 Å². The second-order valence-electron chi connectivity index (χ2n) is 6.55. The molecule has 0 atom stereocenters. The minimum Gasteiger partial charge on any atom is -0.306 e. The van der Waals surface area contributed by atoms with Crippen molar-refractivity contribution < 1.29 is 4.79 Å². The first-order valence-corrected chi connectivity index (χ1v) is 10.3. The SMILES string of the molecule is C=NN1/C(=C(\C)Sc2ccc(C)cc2C)NC(=O)c2ccc(Cl)cc21.CCC. The lowest BCUT2D eigenvalue weighted by atomic mass is 10.1. The molecular formula is C22H26ClN3OS. The van der Waals surface area contributed by atoms with Gasteiger partial charge in [-0.25, -0.2) is 5.01 Å². The van der Waals surface area contributed by atoms with Crippen molar-refractivity contribution in [2.75, 3.05) is 5.01 Å². The number of fused-ring (bicyclic) bond motifs is 1. The summed E-state index contributed by atoms with van der Waals surface area (Å²) in [5, 5.41) is 9.16. The molecule has 2 aromatic rings. The van der Waals surface area contributed by atoms with Gasteiger partial charge < -0.3 is 5.32 Å². The van der Waals surface area contributed by atoms with Crippen LogP contribution in [0.15, 0.2) is 57.1 Å². The van der Waals surface area contributed by atoms with E-state index in [1.54, 1.807) is 35.0 Å². The number of benzene rings is 2. The lowest BCUT2D eigenvalue weighted by Crippen LogP contribution is -2.39. The Labute approximate surface area is 176 Å². The van der Waals surface area contributed by atoms with Gasteiger partial charge in [0, 0.05) is 21.5 Å². The Morgan fingerprint density at radius 2 is 1.89 bits per heavy atom. The number of carbonyl (C=O) groups is 1. The number of allylic oxidation sites excluding steroid dienone is 1. The quantitative estimate of drug-likeness (QED) is 0.458. The summed E-state index contributed by atoms with van der Waals surface area (Å²) in [7, 11) is 0. The number of aryl methyl sites for hydroxylation is 2. The Hall–Kier alpha value is -2.24. The molecule has 4 nitrogen and oxygen atoms in total. The molecule has 1 aliphatic heterocycles. The number of nitrogens with one attached hydrogen (secondary N) is 1. The average molecular weight is 416 g/mol. The zero-order valence-electron chi connectivity index (χ0n) is 17.0. The highest BCUT2D eigenvalue weighted by Gasteiger charge is 2.28. The van der Waals surface area contributed by atoms with Crippen LogP contribution >= 0.6 is 23.4 Å². The Morgan fingerprint density at radius 3 is 2.50 bits per heavy atom. The summed E-state index contributed by atoms with van der Waals surface area (Å²) >= 11 is 7.69. The fourth-order valence-corrected chi connectivity index (χ4v) is 3.82. The van der Waals surface area contributed by atoms with Crippen LogP contribution in [0.2, 0.25) is 5.02 Å². The summed E-state index contributed by atoms with van der Waals surface area (Å²) in [5.41, 5.74) is 3.55. The van der Waals surface area contributed by atoms with Gasteiger partial charge in [-0.1, -0.05) is 61.3 Å². The van der Waals surface area contributed by atoms with Crippen molar-refractivity contribution in [1.29, 1.82) is 0 Å². The number of hydrazone groups is 1. The van der Waals surface area contributed by atoms with E-state index in [1.807, 2.05) is 6.92 Å². The smallest absolute Gasteiger partial charge is 0.259 e. The number of halogens is 1. The summed E-state index contributed by atoms with van der Waals surface area (Å²) in [5.74, 6) is 0.418. The van der Waals surface area contributed by atoms with Gasteiger partial charge in [0.15, 0.2) is 0 Å². The molecule has 1 heterocycles. The van der Waals surface area contributed by atoms with Crippen LogP contribution in [0.3, 0.4) is 0 Å². The molecule has 28 heavy (non-hydrogen) atoms. The van der Waals surface area contributed by atoms with E-state index in [2.05, 4.69) is 63.0 Å². The number of amides is 1. The maximum atomic E-state index is 12.5. The Bertz CT molecular complexity index is 924. The Kier molecular flexibility index (Phi) is 7.72. The summed E-state index contributed by atoms with van der Waals surface area (Å²) in [4.78, 5) is 14.5. The van der Waals surface area contributed by atoms with Gasteiger partial charge in [0.25, 0.3) is 5.91 Å². The monoisotopic (exact) mass is 415 g/mol. The number of carbonyl (C=O) groups excluding carboxylic acids is 1. The Morgan fingerprint density at radius 1 is 1.21 bits per heavy atom. The highest BCUT2D eigenvalue weighted by atomic mass is 35.5. The normalized spacial score (nSPS) is 14.5. The number of nitrogens with zero attached hydrogens (tertiary/aromatic N) is 2. The van der Waals surface area contributed by atoms with Gasteiger partial charge in [0.2, 0.25) is 0 Å². The number of hydrogen-bond donors (Lipinski definition) is 1. The lowest BCUT2D eigenvalue weighted by molar-refractivity contribution is 0.0960. The predicted octanol–water partition coefficient (Wildman–Crippen LogP) is 6.52. The van der Waals surface area contributed by atoms with Gasteiger partial charge in [-0.15, -0.1) is 0 Å². The van der Waals surface area contributed by atoms with Gasteiger partial charge in [0.1, 0.15) is 5.82 Å². The van der Waals surface area contributed by atoms with E-state index in [1.165, 1.54) is 17.5 Å². The van der Waals surface area contributed by atoms with Crippen LogP contribution < -0.4 is 10.3 Å². The first-order chi connectivity index (χ1) is 13.3. The molecule has 0 fully saturated rings. The summed E-state index contributed by atoms with van der Waals surface area (Å²) < 4.78 is 0. The van der Waals surface area contributed by atoms with Gasteiger partial charge >= 0.3 is 0 Å². The van der Waals surface area contributed by atoms with Gasteiger partial charge in [-0.05, 0) is 50.6 Å². The minimum atomic E-state index is -0.179. The first-order valence-electron chi connectivity index (χ1n) is 9.16. The third kappa shape index (κ3) is 4.97. The van der Waals surface area contributed by atoms with Gasteiger partial charge in [-0.2, -0.15) is 5.10 Å². The van der Waals surface area contributed by atoms with Crippen molar-refractivity contribution in [1.82, 2.24) is 5.32 Å². The molecule has 1 amide bonds. The number of thioether (sulfide) groups is 1. The predicted molar refractivity (Wildman–Crippen MR) is 121 cm³/mol. The molecule has 0 spiro atoms. The standard InChI is InChI=1S/C19H18ClN3OS.C3H8/c1-11-5-8-17(12(2)9-11)25-13(3)18-22-19(24)15-7-6-14(20)10-16(15)23(18)21-4;1-3-2/h5-10H,4H2,1-3H3,(H,22,24);3H2,1-2H3/b18-13+;. The zero-order valence-corrected chi connectivity index (χ0v) is 18.5. The van der Waals surface area contributed by atoms with Gasteiger partial charge in [0.05, 0.1) is 11.3 Å². The fourth-order valence-electron chi connectivity index (χ4n) is 2.73. The third-order valence-corrected chi connectivity index (χ3v) is 5.36. The second-order valence-corrected chi connectivity index (χ2v) is 8.24. The summed E-state index contributed by atoms with van der Waals surface area (Å²) in [6, 6.07) is 11.4. The minimum absolute atomic E-state index is 0.179. The average Bonchev–Trinajstić information content (AvgIpc) is 2.64. The highest BCUT2D eigenvalue weighted by Crippen LogP contribution is 2.37. The molecule has 6 heteroatoms. The molecule has 0 radical (unpaired) electrons. The second kappa shape index (κ2) is 9.80. The fraction of sp³-hybridized carbons (Fsp3) is 0.273. The number of hydrogen-bond acceptors (Lipinski definition) is 4. The van der Waals surface area contributed by atoms with Gasteiger partial charge in [-0.3, -0.25) is 4.79 Å². The molecule has 1 N–H and O–H groups in total. The molecule has 0 saturated carbocycles. The van der Waals surface area contributed by atoms with Crippen molar-refractivity contribution in [2.24, 2.45) is 5.10 Å². The molecule has 148 valence electrons. The van der Waals surface area contributed by atoms with Crippen LogP contribution in [0.1, 0.15) is 48.7 Å². The molecule has 3 rings (SSSR count). The molecule has 0 bridgehead atoms. The van der Waals surface area contributed by atoms with Crippen LogP contribution in [0, 0.1) is 13.8 Å². The molecule has 0 saturated heterocycles. The van der Waals surface area contributed by atoms with E-state index in [0.29, 0.717) is 22.1 Å². The Balaban J connectivity index is 0.000000878. The largest absolute Gasteiger partial charge is 0.306 e. The maximum absolute atomic E-state index is 12.5. The van der Waals surface area contributed by atoms with Crippen LogP contribution in [-0.2, 0) is 0 Å². The third-order valence-electron chi connectivity index (χ3n) is 3.94. The highest BCUT2D eigenvalue weighted by molar-refractivity contribution is 8.03. The van der Waals surface area contributed by atoms with Crippen LogP contribution in [0.25, 0.3) is 0 Å².